The largest absolute Gasteiger partial charge is 0.472 e. The summed E-state index contributed by atoms with van der Waals surface area (Å²) in [6.45, 7) is 0.688. The molecule has 2 atom stereocenters. The summed E-state index contributed by atoms with van der Waals surface area (Å²) in [4.78, 5) is 4.29. The third-order valence-electron chi connectivity index (χ3n) is 3.44. The highest BCUT2D eigenvalue weighted by Crippen LogP contribution is 2.29. The zero-order valence-electron chi connectivity index (χ0n) is 9.62. The van der Waals surface area contributed by atoms with Crippen LogP contribution < -0.4 is 10.5 Å². The van der Waals surface area contributed by atoms with E-state index in [0.717, 1.165) is 18.4 Å². The summed E-state index contributed by atoms with van der Waals surface area (Å²) in [6.07, 6.45) is 8.89. The van der Waals surface area contributed by atoms with Crippen LogP contribution in [0.5, 0.6) is 5.88 Å². The second-order valence-corrected chi connectivity index (χ2v) is 4.48. The molecule has 2 aromatic heterocycles. The molecule has 1 saturated carbocycles. The fraction of sp³-hybridized carbons (Fsp3) is 0.500. The molecule has 2 heterocycles. The highest BCUT2D eigenvalue weighted by molar-refractivity contribution is 5.54. The van der Waals surface area contributed by atoms with Crippen LogP contribution in [0.4, 0.5) is 0 Å². The minimum absolute atomic E-state index is 0.202. The Labute approximate surface area is 99.6 Å². The zero-order valence-corrected chi connectivity index (χ0v) is 9.62. The average Bonchev–Trinajstić information content (AvgIpc) is 2.97. The summed E-state index contributed by atoms with van der Waals surface area (Å²) in [5, 5.41) is 4.17. The molecule has 2 aromatic rings. The van der Waals surface area contributed by atoms with Crippen molar-refractivity contribution < 1.29 is 4.74 Å². The second-order valence-electron chi connectivity index (χ2n) is 4.48. The van der Waals surface area contributed by atoms with Crippen molar-refractivity contribution in [2.75, 3.05) is 6.54 Å². The number of hydrogen-bond donors (Lipinski definition) is 1. The van der Waals surface area contributed by atoms with Crippen LogP contribution in [-0.2, 0) is 0 Å². The van der Waals surface area contributed by atoms with Gasteiger partial charge in [0.25, 0.3) is 0 Å². The molecule has 0 amide bonds. The van der Waals surface area contributed by atoms with E-state index in [1.807, 2.05) is 12.3 Å². The highest BCUT2D eigenvalue weighted by atomic mass is 16.5. The molecule has 1 fully saturated rings. The Morgan fingerprint density at radius 3 is 3.24 bits per heavy atom. The number of rotatable bonds is 3. The lowest BCUT2D eigenvalue weighted by molar-refractivity contribution is 0.157. The van der Waals surface area contributed by atoms with E-state index in [-0.39, 0.29) is 6.10 Å². The van der Waals surface area contributed by atoms with Crippen molar-refractivity contribution >= 4 is 5.52 Å². The Bertz CT molecular complexity index is 510. The molecule has 5 heteroatoms. The second kappa shape index (κ2) is 4.33. The van der Waals surface area contributed by atoms with Crippen LogP contribution in [0.3, 0.4) is 0 Å². The standard InChI is InChI=1S/C12H16N4O/c13-8-9-2-1-3-11(9)17-12-10-4-5-15-16(10)7-6-14-12/h4-7,9,11H,1-3,8,13H2. The van der Waals surface area contributed by atoms with Crippen LogP contribution in [0.2, 0.25) is 0 Å². The lowest BCUT2D eigenvalue weighted by Gasteiger charge is -2.19. The van der Waals surface area contributed by atoms with Crippen LogP contribution in [0, 0.1) is 5.92 Å². The van der Waals surface area contributed by atoms with Gasteiger partial charge in [0, 0.05) is 18.3 Å². The normalized spacial score (nSPS) is 24.3. The molecular weight excluding hydrogens is 216 g/mol. The topological polar surface area (TPSA) is 65.4 Å². The number of nitrogens with zero attached hydrogens (tertiary/aromatic N) is 3. The van der Waals surface area contributed by atoms with Gasteiger partial charge in [0.15, 0.2) is 0 Å². The lowest BCUT2D eigenvalue weighted by Crippen LogP contribution is -2.28. The molecule has 17 heavy (non-hydrogen) atoms. The smallest absolute Gasteiger partial charge is 0.240 e. The molecule has 90 valence electrons. The Balaban J connectivity index is 1.87. The van der Waals surface area contributed by atoms with E-state index in [1.165, 1.54) is 6.42 Å². The van der Waals surface area contributed by atoms with Gasteiger partial charge in [-0.15, -0.1) is 0 Å². The van der Waals surface area contributed by atoms with Crippen molar-refractivity contribution in [1.82, 2.24) is 14.6 Å². The summed E-state index contributed by atoms with van der Waals surface area (Å²) in [7, 11) is 0. The van der Waals surface area contributed by atoms with E-state index in [2.05, 4.69) is 10.1 Å². The van der Waals surface area contributed by atoms with Crippen LogP contribution in [0.1, 0.15) is 19.3 Å². The summed E-state index contributed by atoms with van der Waals surface area (Å²) in [5.74, 6) is 1.12. The minimum Gasteiger partial charge on any atom is -0.472 e. The monoisotopic (exact) mass is 232 g/mol. The summed E-state index contributed by atoms with van der Waals surface area (Å²) < 4.78 is 7.77. The molecule has 5 nitrogen and oxygen atoms in total. The van der Waals surface area contributed by atoms with Crippen molar-refractivity contribution in [1.29, 1.82) is 0 Å². The Morgan fingerprint density at radius 1 is 1.41 bits per heavy atom. The van der Waals surface area contributed by atoms with Crippen LogP contribution in [-0.4, -0.2) is 27.2 Å². The first-order valence-electron chi connectivity index (χ1n) is 6.03. The maximum atomic E-state index is 6.00. The molecule has 0 bridgehead atoms. The van der Waals surface area contributed by atoms with Crippen molar-refractivity contribution in [3.63, 3.8) is 0 Å². The van der Waals surface area contributed by atoms with Gasteiger partial charge in [-0.3, -0.25) is 0 Å². The number of fused-ring (bicyclic) bond motifs is 1. The third-order valence-corrected chi connectivity index (χ3v) is 3.44. The Hall–Kier alpha value is -1.62. The first kappa shape index (κ1) is 10.5. The summed E-state index contributed by atoms with van der Waals surface area (Å²) in [5.41, 5.74) is 6.66. The molecule has 3 rings (SSSR count). The molecule has 0 saturated heterocycles. The van der Waals surface area contributed by atoms with Gasteiger partial charge in [0.2, 0.25) is 5.88 Å². The van der Waals surface area contributed by atoms with Crippen LogP contribution >= 0.6 is 0 Å². The number of aromatic nitrogens is 3. The molecule has 0 aromatic carbocycles. The molecule has 2 N–H and O–H groups in total. The van der Waals surface area contributed by atoms with Crippen molar-refractivity contribution in [2.45, 2.75) is 25.4 Å². The third kappa shape index (κ3) is 1.86. The fourth-order valence-electron chi connectivity index (χ4n) is 2.49. The maximum absolute atomic E-state index is 6.00. The first-order valence-corrected chi connectivity index (χ1v) is 6.03. The minimum atomic E-state index is 0.202. The SMILES string of the molecule is NCC1CCCC1Oc1nccn2nccc12. The van der Waals surface area contributed by atoms with Gasteiger partial charge in [0.1, 0.15) is 11.6 Å². The number of ether oxygens (including phenoxy) is 1. The van der Waals surface area contributed by atoms with Gasteiger partial charge < -0.3 is 10.5 Å². The van der Waals surface area contributed by atoms with Crippen LogP contribution in [0.15, 0.2) is 24.7 Å². The molecule has 1 aliphatic carbocycles. The maximum Gasteiger partial charge on any atom is 0.240 e. The lowest BCUT2D eigenvalue weighted by atomic mass is 10.1. The van der Waals surface area contributed by atoms with Gasteiger partial charge in [-0.25, -0.2) is 9.50 Å². The van der Waals surface area contributed by atoms with Gasteiger partial charge in [0.05, 0.1) is 6.20 Å². The summed E-state index contributed by atoms with van der Waals surface area (Å²) >= 11 is 0. The van der Waals surface area contributed by atoms with E-state index < -0.39 is 0 Å². The van der Waals surface area contributed by atoms with Crippen molar-refractivity contribution in [3.8, 4) is 5.88 Å². The van der Waals surface area contributed by atoms with Gasteiger partial charge in [-0.2, -0.15) is 5.10 Å². The predicted octanol–water partition coefficient (Wildman–Crippen LogP) is 1.24. The molecule has 2 unspecified atom stereocenters. The zero-order chi connectivity index (χ0) is 11.7. The first-order chi connectivity index (χ1) is 8.38. The molecule has 0 radical (unpaired) electrons. The van der Waals surface area contributed by atoms with E-state index in [4.69, 9.17) is 10.5 Å². The number of nitrogens with two attached hydrogens (primary N) is 1. The number of hydrogen-bond acceptors (Lipinski definition) is 4. The van der Waals surface area contributed by atoms with Gasteiger partial charge in [-0.1, -0.05) is 0 Å². The van der Waals surface area contributed by atoms with E-state index >= 15 is 0 Å². The van der Waals surface area contributed by atoms with Crippen molar-refractivity contribution in [2.24, 2.45) is 11.7 Å². The van der Waals surface area contributed by atoms with Gasteiger partial charge >= 0.3 is 0 Å². The highest BCUT2D eigenvalue weighted by Gasteiger charge is 2.28. The van der Waals surface area contributed by atoms with Gasteiger partial charge in [-0.05, 0) is 31.9 Å². The molecule has 0 spiro atoms. The Morgan fingerprint density at radius 2 is 2.35 bits per heavy atom. The summed E-state index contributed by atoms with van der Waals surface area (Å²) in [6, 6.07) is 1.91. The van der Waals surface area contributed by atoms with Crippen LogP contribution in [0.25, 0.3) is 5.52 Å². The fourth-order valence-corrected chi connectivity index (χ4v) is 2.49. The Kier molecular flexibility index (Phi) is 2.68. The van der Waals surface area contributed by atoms with E-state index in [0.29, 0.717) is 18.3 Å². The van der Waals surface area contributed by atoms with E-state index in [1.54, 1.807) is 16.9 Å². The predicted molar refractivity (Wildman–Crippen MR) is 63.8 cm³/mol. The molecule has 0 aliphatic heterocycles. The van der Waals surface area contributed by atoms with Crippen molar-refractivity contribution in [3.05, 3.63) is 24.7 Å². The average molecular weight is 232 g/mol. The quantitative estimate of drug-likeness (QED) is 0.864. The molecule has 1 aliphatic rings. The molecular formula is C12H16N4O. The van der Waals surface area contributed by atoms with E-state index in [9.17, 15) is 0 Å².